The van der Waals surface area contributed by atoms with Gasteiger partial charge in [-0.15, -0.1) is 0 Å². The van der Waals surface area contributed by atoms with Crippen molar-refractivity contribution >= 4 is 5.69 Å². The molecule has 1 fully saturated rings. The minimum atomic E-state index is 0.245. The van der Waals surface area contributed by atoms with Crippen molar-refractivity contribution in [2.24, 2.45) is 0 Å². The van der Waals surface area contributed by atoms with E-state index in [1.165, 1.54) is 5.56 Å². The normalized spacial score (nSPS) is 20.2. The van der Waals surface area contributed by atoms with E-state index in [4.69, 9.17) is 14.2 Å². The molecule has 2 rings (SSSR count). The van der Waals surface area contributed by atoms with Gasteiger partial charge in [-0.05, 0) is 24.1 Å². The summed E-state index contributed by atoms with van der Waals surface area (Å²) in [6.45, 7) is 2.66. The molecule has 0 aromatic heterocycles. The van der Waals surface area contributed by atoms with Crippen LogP contribution in [0.1, 0.15) is 12.0 Å². The van der Waals surface area contributed by atoms with Gasteiger partial charge in [-0.25, -0.2) is 0 Å². The van der Waals surface area contributed by atoms with Crippen LogP contribution in [0.25, 0.3) is 0 Å². The van der Waals surface area contributed by atoms with Gasteiger partial charge in [0.2, 0.25) is 0 Å². The molecule has 0 amide bonds. The van der Waals surface area contributed by atoms with E-state index in [2.05, 4.69) is 23.5 Å². The molecule has 1 aromatic rings. The van der Waals surface area contributed by atoms with Crippen molar-refractivity contribution in [2.75, 3.05) is 32.4 Å². The minimum Gasteiger partial charge on any atom is -0.382 e. The summed E-state index contributed by atoms with van der Waals surface area (Å²) in [5.74, 6) is 0. The van der Waals surface area contributed by atoms with Crippen LogP contribution in [0.3, 0.4) is 0 Å². The number of ether oxygens (including phenoxy) is 3. The number of anilines is 1. The zero-order chi connectivity index (χ0) is 11.9. The van der Waals surface area contributed by atoms with Crippen molar-refractivity contribution in [3.05, 3.63) is 29.8 Å². The molecule has 1 saturated heterocycles. The van der Waals surface area contributed by atoms with Crippen LogP contribution in [0, 0.1) is 0 Å². The van der Waals surface area contributed by atoms with Crippen LogP contribution < -0.4 is 5.32 Å². The van der Waals surface area contributed by atoms with Gasteiger partial charge < -0.3 is 19.5 Å². The summed E-state index contributed by atoms with van der Waals surface area (Å²) in [5.41, 5.74) is 2.28. The zero-order valence-corrected chi connectivity index (χ0v) is 10.1. The van der Waals surface area contributed by atoms with Crippen LogP contribution in [-0.4, -0.2) is 33.2 Å². The molecule has 1 aliphatic heterocycles. The summed E-state index contributed by atoms with van der Waals surface area (Å²) in [5, 5.41) is 3.38. The number of benzene rings is 1. The van der Waals surface area contributed by atoms with Crippen LogP contribution in [0.5, 0.6) is 0 Å². The Hall–Kier alpha value is -1.10. The maximum Gasteiger partial charge on any atom is 0.147 e. The Kier molecular flexibility index (Phi) is 4.79. The highest BCUT2D eigenvalue weighted by molar-refractivity contribution is 5.45. The molecule has 1 atom stereocenters. The average Bonchev–Trinajstić information content (AvgIpc) is 2.39. The van der Waals surface area contributed by atoms with E-state index in [0.717, 1.165) is 25.3 Å². The molecule has 17 heavy (non-hydrogen) atoms. The molecule has 0 saturated carbocycles. The summed E-state index contributed by atoms with van der Waals surface area (Å²) in [6.07, 6.45) is 1.19. The SMILES string of the molecule is COCc1cccc(NCC2CCOCO2)c1. The largest absolute Gasteiger partial charge is 0.382 e. The summed E-state index contributed by atoms with van der Waals surface area (Å²) in [6, 6.07) is 8.24. The minimum absolute atomic E-state index is 0.245. The Bertz CT molecular complexity index is 337. The molecule has 1 aliphatic rings. The first-order valence-corrected chi connectivity index (χ1v) is 5.89. The van der Waals surface area contributed by atoms with Gasteiger partial charge in [-0.3, -0.25) is 0 Å². The molecule has 1 heterocycles. The fraction of sp³-hybridized carbons (Fsp3) is 0.538. The second kappa shape index (κ2) is 6.59. The number of nitrogens with one attached hydrogen (secondary N) is 1. The van der Waals surface area contributed by atoms with Crippen LogP contribution in [0.2, 0.25) is 0 Å². The van der Waals surface area contributed by atoms with E-state index in [9.17, 15) is 0 Å². The lowest BCUT2D eigenvalue weighted by molar-refractivity contribution is -0.133. The monoisotopic (exact) mass is 237 g/mol. The molecular formula is C13H19NO3. The molecule has 0 spiro atoms. The van der Waals surface area contributed by atoms with E-state index in [1.54, 1.807) is 7.11 Å². The molecule has 94 valence electrons. The Morgan fingerprint density at radius 2 is 2.41 bits per heavy atom. The van der Waals surface area contributed by atoms with Crippen molar-refractivity contribution in [1.82, 2.24) is 0 Å². The van der Waals surface area contributed by atoms with Gasteiger partial charge >= 0.3 is 0 Å². The maximum atomic E-state index is 5.47. The van der Waals surface area contributed by atoms with E-state index < -0.39 is 0 Å². The third-order valence-electron chi connectivity index (χ3n) is 2.74. The lowest BCUT2D eigenvalue weighted by Crippen LogP contribution is -2.30. The first-order chi connectivity index (χ1) is 8.38. The summed E-state index contributed by atoms with van der Waals surface area (Å²) < 4.78 is 15.7. The van der Waals surface area contributed by atoms with Crippen LogP contribution >= 0.6 is 0 Å². The van der Waals surface area contributed by atoms with Gasteiger partial charge in [-0.1, -0.05) is 12.1 Å². The lowest BCUT2D eigenvalue weighted by atomic mass is 10.2. The molecular weight excluding hydrogens is 218 g/mol. The number of hydrogen-bond donors (Lipinski definition) is 1. The first kappa shape index (κ1) is 12.4. The molecule has 4 heteroatoms. The van der Waals surface area contributed by atoms with Gasteiger partial charge in [0.05, 0.1) is 19.3 Å². The summed E-state index contributed by atoms with van der Waals surface area (Å²) >= 11 is 0. The Morgan fingerprint density at radius 3 is 3.18 bits per heavy atom. The third kappa shape index (κ3) is 4.00. The van der Waals surface area contributed by atoms with E-state index in [0.29, 0.717) is 13.4 Å². The second-order valence-corrected chi connectivity index (χ2v) is 4.12. The lowest BCUT2D eigenvalue weighted by Gasteiger charge is -2.23. The van der Waals surface area contributed by atoms with E-state index >= 15 is 0 Å². The number of hydrogen-bond acceptors (Lipinski definition) is 4. The Morgan fingerprint density at radius 1 is 1.47 bits per heavy atom. The fourth-order valence-electron chi connectivity index (χ4n) is 1.83. The van der Waals surface area contributed by atoms with E-state index in [1.807, 2.05) is 6.07 Å². The average molecular weight is 237 g/mol. The highest BCUT2D eigenvalue weighted by atomic mass is 16.7. The van der Waals surface area contributed by atoms with Crippen molar-refractivity contribution < 1.29 is 14.2 Å². The van der Waals surface area contributed by atoms with Gasteiger partial charge in [0.1, 0.15) is 6.79 Å². The van der Waals surface area contributed by atoms with Crippen LogP contribution in [-0.2, 0) is 20.8 Å². The highest BCUT2D eigenvalue weighted by Gasteiger charge is 2.13. The molecule has 1 N–H and O–H groups in total. The second-order valence-electron chi connectivity index (χ2n) is 4.12. The molecule has 1 unspecified atom stereocenters. The van der Waals surface area contributed by atoms with Crippen molar-refractivity contribution in [2.45, 2.75) is 19.1 Å². The third-order valence-corrected chi connectivity index (χ3v) is 2.74. The molecule has 0 radical (unpaired) electrons. The standard InChI is InChI=1S/C13H19NO3/c1-15-9-11-3-2-4-12(7-11)14-8-13-5-6-16-10-17-13/h2-4,7,13-14H,5-6,8-10H2,1H3. The number of rotatable bonds is 5. The summed E-state index contributed by atoms with van der Waals surface area (Å²) in [4.78, 5) is 0. The Labute approximate surface area is 102 Å². The molecule has 0 bridgehead atoms. The quantitative estimate of drug-likeness (QED) is 0.850. The predicted octanol–water partition coefficient (Wildman–Crippen LogP) is 2.01. The molecule has 0 aliphatic carbocycles. The van der Waals surface area contributed by atoms with Gasteiger partial charge in [0.25, 0.3) is 0 Å². The zero-order valence-electron chi connectivity index (χ0n) is 10.1. The van der Waals surface area contributed by atoms with Crippen molar-refractivity contribution in [1.29, 1.82) is 0 Å². The fourth-order valence-corrected chi connectivity index (χ4v) is 1.83. The first-order valence-electron chi connectivity index (χ1n) is 5.89. The van der Waals surface area contributed by atoms with Gasteiger partial charge in [0, 0.05) is 19.3 Å². The smallest absolute Gasteiger partial charge is 0.147 e. The summed E-state index contributed by atoms with van der Waals surface area (Å²) in [7, 11) is 1.70. The highest BCUT2D eigenvalue weighted by Crippen LogP contribution is 2.13. The van der Waals surface area contributed by atoms with Crippen molar-refractivity contribution in [3.63, 3.8) is 0 Å². The molecule has 1 aromatic carbocycles. The predicted molar refractivity (Wildman–Crippen MR) is 66.0 cm³/mol. The topological polar surface area (TPSA) is 39.7 Å². The molecule has 4 nitrogen and oxygen atoms in total. The number of methoxy groups -OCH3 is 1. The van der Waals surface area contributed by atoms with Gasteiger partial charge in [0.15, 0.2) is 0 Å². The van der Waals surface area contributed by atoms with Crippen LogP contribution in [0.4, 0.5) is 5.69 Å². The van der Waals surface area contributed by atoms with Gasteiger partial charge in [-0.2, -0.15) is 0 Å². The van der Waals surface area contributed by atoms with E-state index in [-0.39, 0.29) is 6.10 Å². The maximum absolute atomic E-state index is 5.47. The van der Waals surface area contributed by atoms with Crippen LogP contribution in [0.15, 0.2) is 24.3 Å². The Balaban J connectivity index is 1.83. The van der Waals surface area contributed by atoms with Crippen molar-refractivity contribution in [3.8, 4) is 0 Å².